The zero-order chi connectivity index (χ0) is 16.2. The minimum absolute atomic E-state index is 0.0393. The first-order valence-electron chi connectivity index (χ1n) is 8.24. The molecule has 3 rings (SSSR count). The van der Waals surface area contributed by atoms with Crippen LogP contribution in [0.15, 0.2) is 4.52 Å². The lowest BCUT2D eigenvalue weighted by atomic mass is 10.1. The number of carbonyl (C=O) groups is 2. The van der Waals surface area contributed by atoms with Gasteiger partial charge in [-0.3, -0.25) is 4.79 Å². The van der Waals surface area contributed by atoms with Gasteiger partial charge in [-0.2, -0.15) is 4.98 Å². The number of likely N-dealkylation sites (tertiary alicyclic amines) is 1. The Morgan fingerprint density at radius 2 is 2.09 bits per heavy atom. The molecule has 2 heterocycles. The van der Waals surface area contributed by atoms with Gasteiger partial charge in [0.25, 0.3) is 0 Å². The molecule has 8 nitrogen and oxygen atoms in total. The molecule has 3 amide bonds. The number of carbonyl (C=O) groups excluding carboxylic acids is 2. The summed E-state index contributed by atoms with van der Waals surface area (Å²) >= 11 is 0. The van der Waals surface area contributed by atoms with E-state index in [1.165, 1.54) is 19.8 Å². The van der Waals surface area contributed by atoms with Crippen molar-refractivity contribution in [1.82, 2.24) is 25.7 Å². The van der Waals surface area contributed by atoms with Crippen molar-refractivity contribution in [3.8, 4) is 0 Å². The van der Waals surface area contributed by atoms with E-state index in [9.17, 15) is 9.59 Å². The highest BCUT2D eigenvalue weighted by Crippen LogP contribution is 2.32. The zero-order valence-electron chi connectivity index (χ0n) is 13.4. The van der Waals surface area contributed by atoms with Crippen LogP contribution in [0.2, 0.25) is 0 Å². The lowest BCUT2D eigenvalue weighted by molar-refractivity contribution is -0.119. The topological polar surface area (TPSA) is 100 Å². The van der Waals surface area contributed by atoms with E-state index in [1.807, 2.05) is 0 Å². The van der Waals surface area contributed by atoms with Gasteiger partial charge in [-0.1, -0.05) is 18.0 Å². The minimum atomic E-state index is -0.162. The fraction of sp³-hybridized carbons (Fsp3) is 0.733. The summed E-state index contributed by atoms with van der Waals surface area (Å²) in [6.07, 6.45) is 5.41. The van der Waals surface area contributed by atoms with E-state index in [1.54, 1.807) is 4.90 Å². The number of hydrogen-bond donors (Lipinski definition) is 2. The predicted octanol–water partition coefficient (Wildman–Crippen LogP) is 1.15. The highest BCUT2D eigenvalue weighted by molar-refractivity contribution is 5.75. The van der Waals surface area contributed by atoms with Gasteiger partial charge < -0.3 is 20.1 Å². The highest BCUT2D eigenvalue weighted by atomic mass is 16.5. The Bertz CT molecular complexity index is 567. The van der Waals surface area contributed by atoms with Crippen molar-refractivity contribution in [3.63, 3.8) is 0 Å². The number of aromatic nitrogens is 2. The van der Waals surface area contributed by atoms with Gasteiger partial charge in [0.1, 0.15) is 0 Å². The lowest BCUT2D eigenvalue weighted by Gasteiger charge is -2.16. The van der Waals surface area contributed by atoms with Gasteiger partial charge in [0.15, 0.2) is 5.82 Å². The number of rotatable bonds is 4. The molecule has 1 aromatic rings. The maximum atomic E-state index is 12.1. The lowest BCUT2D eigenvalue weighted by Crippen LogP contribution is -2.41. The quantitative estimate of drug-likeness (QED) is 0.866. The smallest absolute Gasteiger partial charge is 0.317 e. The van der Waals surface area contributed by atoms with Crippen LogP contribution in [0, 0.1) is 0 Å². The molecule has 8 heteroatoms. The monoisotopic (exact) mass is 321 g/mol. The fourth-order valence-electron chi connectivity index (χ4n) is 3.29. The second-order valence-electron chi connectivity index (χ2n) is 6.32. The molecule has 2 N–H and O–H groups in total. The van der Waals surface area contributed by atoms with Crippen LogP contribution in [-0.4, -0.2) is 46.1 Å². The summed E-state index contributed by atoms with van der Waals surface area (Å²) in [5, 5.41) is 9.58. The maximum Gasteiger partial charge on any atom is 0.317 e. The Hall–Kier alpha value is -2.12. The van der Waals surface area contributed by atoms with Crippen LogP contribution in [-0.2, 0) is 11.3 Å². The minimum Gasteiger partial charge on any atom is -0.352 e. The van der Waals surface area contributed by atoms with Crippen molar-refractivity contribution in [1.29, 1.82) is 0 Å². The van der Waals surface area contributed by atoms with Crippen LogP contribution >= 0.6 is 0 Å². The Morgan fingerprint density at radius 3 is 2.83 bits per heavy atom. The number of amides is 3. The van der Waals surface area contributed by atoms with Crippen LogP contribution < -0.4 is 10.6 Å². The van der Waals surface area contributed by atoms with Crippen molar-refractivity contribution in [3.05, 3.63) is 11.7 Å². The summed E-state index contributed by atoms with van der Waals surface area (Å²) < 4.78 is 5.29. The third kappa shape index (κ3) is 4.00. The van der Waals surface area contributed by atoms with Gasteiger partial charge >= 0.3 is 6.03 Å². The van der Waals surface area contributed by atoms with Crippen molar-refractivity contribution in [2.45, 2.75) is 57.5 Å². The van der Waals surface area contributed by atoms with E-state index in [0.29, 0.717) is 30.7 Å². The second-order valence-corrected chi connectivity index (χ2v) is 6.32. The Balaban J connectivity index is 1.45. The van der Waals surface area contributed by atoms with E-state index in [0.717, 1.165) is 19.3 Å². The molecule has 0 spiro atoms. The molecule has 0 radical (unpaired) electrons. The maximum absolute atomic E-state index is 12.1. The third-order valence-corrected chi connectivity index (χ3v) is 4.47. The number of nitrogens with zero attached hydrogens (tertiary/aromatic N) is 3. The first-order valence-corrected chi connectivity index (χ1v) is 8.24. The molecule has 23 heavy (non-hydrogen) atoms. The third-order valence-electron chi connectivity index (χ3n) is 4.47. The molecule has 0 bridgehead atoms. The fourth-order valence-corrected chi connectivity index (χ4v) is 3.29. The molecule has 1 saturated heterocycles. The predicted molar refractivity (Wildman–Crippen MR) is 81.5 cm³/mol. The first-order chi connectivity index (χ1) is 11.1. The highest BCUT2D eigenvalue weighted by Gasteiger charge is 2.27. The van der Waals surface area contributed by atoms with E-state index in [-0.39, 0.29) is 24.5 Å². The average molecular weight is 321 g/mol. The van der Waals surface area contributed by atoms with Gasteiger partial charge in [0.05, 0.1) is 6.54 Å². The molecule has 1 aromatic heterocycles. The summed E-state index contributed by atoms with van der Waals surface area (Å²) in [7, 11) is 0. The molecule has 126 valence electrons. The SMILES string of the molecule is CC(=O)NC1CCN(C(=O)NCc2noc(C3CCCC3)n2)C1. The van der Waals surface area contributed by atoms with Gasteiger partial charge in [0.2, 0.25) is 11.8 Å². The Morgan fingerprint density at radius 1 is 1.30 bits per heavy atom. The zero-order valence-corrected chi connectivity index (χ0v) is 13.4. The van der Waals surface area contributed by atoms with Gasteiger partial charge in [-0.05, 0) is 19.3 Å². The van der Waals surface area contributed by atoms with Crippen LogP contribution in [0.4, 0.5) is 4.79 Å². The molecule has 2 fully saturated rings. The molecule has 0 aromatic carbocycles. The summed E-state index contributed by atoms with van der Waals surface area (Å²) in [4.78, 5) is 29.2. The largest absolute Gasteiger partial charge is 0.352 e. The van der Waals surface area contributed by atoms with Crippen LogP contribution in [0.3, 0.4) is 0 Å². The van der Waals surface area contributed by atoms with E-state index >= 15 is 0 Å². The van der Waals surface area contributed by atoms with Crippen LogP contribution in [0.1, 0.15) is 56.7 Å². The standard InChI is InChI=1S/C15H23N5O3/c1-10(21)17-12-6-7-20(9-12)15(22)16-8-13-18-14(23-19-13)11-4-2-3-5-11/h11-12H,2-9H2,1H3,(H,16,22)(H,17,21). The Kier molecular flexibility index (Phi) is 4.78. The van der Waals surface area contributed by atoms with Gasteiger partial charge in [-0.15, -0.1) is 0 Å². The van der Waals surface area contributed by atoms with Gasteiger partial charge in [-0.25, -0.2) is 4.79 Å². The number of hydrogen-bond acceptors (Lipinski definition) is 5. The molecule has 1 aliphatic carbocycles. The molecule has 1 unspecified atom stereocenters. The van der Waals surface area contributed by atoms with Crippen molar-refractivity contribution in [2.75, 3.05) is 13.1 Å². The van der Waals surface area contributed by atoms with Crippen molar-refractivity contribution >= 4 is 11.9 Å². The number of nitrogens with one attached hydrogen (secondary N) is 2. The molecule has 1 atom stereocenters. The number of urea groups is 1. The summed E-state index contributed by atoms with van der Waals surface area (Å²) in [6.45, 7) is 2.92. The summed E-state index contributed by atoms with van der Waals surface area (Å²) in [5.74, 6) is 1.52. The van der Waals surface area contributed by atoms with E-state index in [4.69, 9.17) is 4.52 Å². The summed E-state index contributed by atoms with van der Waals surface area (Å²) in [6, 6.07) is -0.123. The van der Waals surface area contributed by atoms with Gasteiger partial charge in [0, 0.05) is 32.0 Å². The van der Waals surface area contributed by atoms with Crippen LogP contribution in [0.25, 0.3) is 0 Å². The Labute approximate surface area is 135 Å². The van der Waals surface area contributed by atoms with Crippen molar-refractivity contribution < 1.29 is 14.1 Å². The molecular formula is C15H23N5O3. The average Bonchev–Trinajstić information content (AvgIpc) is 3.24. The van der Waals surface area contributed by atoms with E-state index < -0.39 is 0 Å². The molecule has 1 saturated carbocycles. The van der Waals surface area contributed by atoms with Crippen molar-refractivity contribution in [2.24, 2.45) is 0 Å². The molecule has 1 aliphatic heterocycles. The molecular weight excluding hydrogens is 298 g/mol. The normalized spacial score (nSPS) is 21.6. The first kappa shape index (κ1) is 15.8. The molecule has 2 aliphatic rings. The second kappa shape index (κ2) is 6.97. The summed E-state index contributed by atoms with van der Waals surface area (Å²) in [5.41, 5.74) is 0. The van der Waals surface area contributed by atoms with Crippen LogP contribution in [0.5, 0.6) is 0 Å². The van der Waals surface area contributed by atoms with E-state index in [2.05, 4.69) is 20.8 Å².